The highest BCUT2D eigenvalue weighted by atomic mass is 32.2. The Bertz CT molecular complexity index is 771. The smallest absolute Gasteiger partial charge is 0.284 e. The second kappa shape index (κ2) is 6.70. The highest BCUT2D eigenvalue weighted by Crippen LogP contribution is 2.27. The van der Waals surface area contributed by atoms with Crippen molar-refractivity contribution in [3.05, 3.63) is 48.7 Å². The molecule has 2 aromatic heterocycles. The molecule has 0 radical (unpaired) electrons. The topological polar surface area (TPSA) is 72.4 Å². The number of carbonyl (C=O) groups is 1. The van der Waals surface area contributed by atoms with Crippen LogP contribution in [-0.4, -0.2) is 28.4 Å². The van der Waals surface area contributed by atoms with Crippen LogP contribution in [0.2, 0.25) is 0 Å². The molecule has 0 saturated heterocycles. The number of furan rings is 1. The second-order valence-electron chi connectivity index (χ2n) is 4.84. The minimum absolute atomic E-state index is 0.0426. The molecule has 3 rings (SSSR count). The van der Waals surface area contributed by atoms with Gasteiger partial charge in [-0.3, -0.25) is 4.79 Å². The van der Waals surface area contributed by atoms with E-state index in [9.17, 15) is 4.79 Å². The van der Waals surface area contributed by atoms with Gasteiger partial charge >= 0.3 is 0 Å². The molecule has 0 fully saturated rings. The molecular formula is C16H15N3O3S. The fourth-order valence-electron chi connectivity index (χ4n) is 2.01. The van der Waals surface area contributed by atoms with Crippen LogP contribution in [0.3, 0.4) is 0 Å². The molecule has 1 amide bonds. The minimum Gasteiger partial charge on any atom is -0.459 e. The molecule has 0 aliphatic rings. The van der Waals surface area contributed by atoms with Gasteiger partial charge in [-0.05, 0) is 31.2 Å². The summed E-state index contributed by atoms with van der Waals surface area (Å²) in [6, 6.07) is 12.9. The van der Waals surface area contributed by atoms with Gasteiger partial charge in [0.1, 0.15) is 0 Å². The summed E-state index contributed by atoms with van der Waals surface area (Å²) in [7, 11) is 1.75. The standard InChI is InChI=1S/C16H15N3O3S/c1-11(15(20)19(2)12-7-4-3-5-8-12)23-16-18-17-14(22-16)13-9-6-10-21-13/h3-11H,1-2H3/t11-/m0/s1. The molecule has 0 spiro atoms. The zero-order valence-electron chi connectivity index (χ0n) is 12.7. The first-order valence-electron chi connectivity index (χ1n) is 7.02. The van der Waals surface area contributed by atoms with Crippen molar-refractivity contribution in [1.82, 2.24) is 10.2 Å². The average Bonchev–Trinajstić information content (AvgIpc) is 3.25. The van der Waals surface area contributed by atoms with Crippen molar-refractivity contribution in [2.45, 2.75) is 17.4 Å². The van der Waals surface area contributed by atoms with Crippen molar-refractivity contribution >= 4 is 23.4 Å². The molecule has 23 heavy (non-hydrogen) atoms. The fraction of sp³-hybridized carbons (Fsp3) is 0.188. The molecule has 1 atom stereocenters. The maximum absolute atomic E-state index is 12.5. The molecule has 1 aromatic carbocycles. The van der Waals surface area contributed by atoms with E-state index in [1.165, 1.54) is 18.0 Å². The van der Waals surface area contributed by atoms with E-state index in [4.69, 9.17) is 8.83 Å². The van der Waals surface area contributed by atoms with Gasteiger partial charge < -0.3 is 13.7 Å². The molecule has 0 aliphatic carbocycles. The number of benzene rings is 1. The summed E-state index contributed by atoms with van der Waals surface area (Å²) in [5.41, 5.74) is 0.840. The summed E-state index contributed by atoms with van der Waals surface area (Å²) in [5.74, 6) is 0.761. The molecule has 2 heterocycles. The van der Waals surface area contributed by atoms with Crippen LogP contribution in [0.4, 0.5) is 5.69 Å². The highest BCUT2D eigenvalue weighted by molar-refractivity contribution is 8.00. The maximum atomic E-state index is 12.5. The Hall–Kier alpha value is -2.54. The average molecular weight is 329 g/mol. The zero-order valence-corrected chi connectivity index (χ0v) is 13.5. The Morgan fingerprint density at radius 3 is 2.65 bits per heavy atom. The Morgan fingerprint density at radius 1 is 1.17 bits per heavy atom. The van der Waals surface area contributed by atoms with Gasteiger partial charge in [0.05, 0.1) is 11.5 Å². The SMILES string of the molecule is C[C@H](Sc1nnc(-c2ccco2)o1)C(=O)N(C)c1ccccc1. The lowest BCUT2D eigenvalue weighted by atomic mass is 10.3. The van der Waals surface area contributed by atoms with Crippen LogP contribution < -0.4 is 4.90 Å². The Labute approximate surface area is 137 Å². The van der Waals surface area contributed by atoms with E-state index in [0.29, 0.717) is 16.9 Å². The molecule has 6 nitrogen and oxygen atoms in total. The van der Waals surface area contributed by atoms with Crippen LogP contribution in [0, 0.1) is 0 Å². The molecule has 0 bridgehead atoms. The van der Waals surface area contributed by atoms with E-state index in [0.717, 1.165) is 5.69 Å². The summed E-state index contributed by atoms with van der Waals surface area (Å²) in [6.07, 6.45) is 1.54. The number of rotatable bonds is 5. The largest absolute Gasteiger partial charge is 0.459 e. The molecule has 7 heteroatoms. The third kappa shape index (κ3) is 3.45. The molecule has 0 unspecified atom stereocenters. The van der Waals surface area contributed by atoms with Gasteiger partial charge in [0.2, 0.25) is 5.91 Å². The summed E-state index contributed by atoms with van der Waals surface area (Å²) < 4.78 is 10.7. The highest BCUT2D eigenvalue weighted by Gasteiger charge is 2.22. The fourth-order valence-corrected chi connectivity index (χ4v) is 2.79. The molecular weight excluding hydrogens is 314 g/mol. The lowest BCUT2D eigenvalue weighted by Gasteiger charge is -2.20. The monoisotopic (exact) mass is 329 g/mol. The number of amides is 1. The number of hydrogen-bond acceptors (Lipinski definition) is 6. The summed E-state index contributed by atoms with van der Waals surface area (Å²) in [5, 5.41) is 7.84. The molecule has 0 aliphatic heterocycles. The van der Waals surface area contributed by atoms with Crippen LogP contribution >= 0.6 is 11.8 Å². The Morgan fingerprint density at radius 2 is 1.96 bits per heavy atom. The van der Waals surface area contributed by atoms with Crippen molar-refractivity contribution in [1.29, 1.82) is 0 Å². The van der Waals surface area contributed by atoms with Crippen molar-refractivity contribution in [3.8, 4) is 11.7 Å². The quantitative estimate of drug-likeness (QED) is 0.667. The van der Waals surface area contributed by atoms with Crippen LogP contribution in [0.25, 0.3) is 11.7 Å². The maximum Gasteiger partial charge on any atom is 0.284 e. The lowest BCUT2D eigenvalue weighted by molar-refractivity contribution is -0.117. The van der Waals surface area contributed by atoms with Crippen molar-refractivity contribution < 1.29 is 13.6 Å². The summed E-state index contributed by atoms with van der Waals surface area (Å²) in [6.45, 7) is 1.81. The van der Waals surface area contributed by atoms with E-state index in [2.05, 4.69) is 10.2 Å². The number of para-hydroxylation sites is 1. The number of thioether (sulfide) groups is 1. The van der Waals surface area contributed by atoms with E-state index in [-0.39, 0.29) is 11.2 Å². The van der Waals surface area contributed by atoms with Gasteiger partial charge in [-0.25, -0.2) is 0 Å². The van der Waals surface area contributed by atoms with Crippen molar-refractivity contribution in [2.24, 2.45) is 0 Å². The number of hydrogen-bond donors (Lipinski definition) is 0. The van der Waals surface area contributed by atoms with E-state index < -0.39 is 0 Å². The van der Waals surface area contributed by atoms with Crippen molar-refractivity contribution in [2.75, 3.05) is 11.9 Å². The van der Waals surface area contributed by atoms with Crippen LogP contribution in [0.1, 0.15) is 6.92 Å². The Balaban J connectivity index is 1.67. The molecule has 118 valence electrons. The molecule has 0 N–H and O–H groups in total. The number of aromatic nitrogens is 2. The van der Waals surface area contributed by atoms with E-state index >= 15 is 0 Å². The van der Waals surface area contributed by atoms with Gasteiger partial charge in [0, 0.05) is 12.7 Å². The van der Waals surface area contributed by atoms with Crippen molar-refractivity contribution in [3.63, 3.8) is 0 Å². The first-order valence-corrected chi connectivity index (χ1v) is 7.90. The normalized spacial score (nSPS) is 12.1. The minimum atomic E-state index is -0.356. The third-order valence-electron chi connectivity index (χ3n) is 3.24. The predicted molar refractivity (Wildman–Crippen MR) is 87.2 cm³/mol. The van der Waals surface area contributed by atoms with E-state index in [1.807, 2.05) is 37.3 Å². The third-order valence-corrected chi connectivity index (χ3v) is 4.16. The summed E-state index contributed by atoms with van der Waals surface area (Å²) >= 11 is 1.22. The van der Waals surface area contributed by atoms with Gasteiger partial charge in [-0.2, -0.15) is 0 Å². The Kier molecular flexibility index (Phi) is 4.47. The molecule has 0 saturated carbocycles. The van der Waals surface area contributed by atoms with Crippen LogP contribution in [-0.2, 0) is 4.79 Å². The second-order valence-corrected chi connectivity index (χ2v) is 6.14. The van der Waals surface area contributed by atoms with Gasteiger partial charge in [-0.1, -0.05) is 30.0 Å². The zero-order chi connectivity index (χ0) is 16.2. The van der Waals surface area contributed by atoms with Gasteiger partial charge in [0.15, 0.2) is 5.76 Å². The summed E-state index contributed by atoms with van der Waals surface area (Å²) in [4.78, 5) is 14.1. The first-order chi connectivity index (χ1) is 11.1. The van der Waals surface area contributed by atoms with Gasteiger partial charge in [-0.15, -0.1) is 10.2 Å². The number of anilines is 1. The van der Waals surface area contributed by atoms with Gasteiger partial charge in [0.25, 0.3) is 11.1 Å². The predicted octanol–water partition coefficient (Wildman–Crippen LogP) is 3.47. The van der Waals surface area contributed by atoms with E-state index in [1.54, 1.807) is 24.1 Å². The first kappa shape index (κ1) is 15.4. The van der Waals surface area contributed by atoms with Crippen LogP contribution in [0.15, 0.2) is 62.8 Å². The number of carbonyl (C=O) groups excluding carboxylic acids is 1. The lowest BCUT2D eigenvalue weighted by Crippen LogP contribution is -2.33. The van der Waals surface area contributed by atoms with Crippen LogP contribution in [0.5, 0.6) is 0 Å². The number of nitrogens with zero attached hydrogens (tertiary/aromatic N) is 3. The molecule has 3 aromatic rings.